The van der Waals surface area contributed by atoms with E-state index in [4.69, 9.17) is 14.9 Å². The van der Waals surface area contributed by atoms with Crippen molar-refractivity contribution in [1.29, 1.82) is 0 Å². The lowest BCUT2D eigenvalue weighted by atomic mass is 10.1. The summed E-state index contributed by atoms with van der Waals surface area (Å²) in [6, 6.07) is 9.08. The van der Waals surface area contributed by atoms with E-state index in [1.54, 1.807) is 12.1 Å². The Bertz CT molecular complexity index is 220. The molecule has 0 spiro atoms. The van der Waals surface area contributed by atoms with Gasteiger partial charge in [0.05, 0.1) is 0 Å². The molecular weight excluding hydrogens is 156 g/mol. The number of hydrogen-bond donors (Lipinski definition) is 2. The van der Waals surface area contributed by atoms with Crippen LogP contribution < -0.4 is 0 Å². The maximum Gasteiger partial charge on any atom is 0.182 e. The second kappa shape index (κ2) is 4.21. The zero-order valence-electron chi connectivity index (χ0n) is 6.84. The Morgan fingerprint density at radius 1 is 1.17 bits per heavy atom. The van der Waals surface area contributed by atoms with Gasteiger partial charge in [-0.1, -0.05) is 30.3 Å². The molecule has 0 saturated heterocycles. The highest BCUT2D eigenvalue weighted by molar-refractivity contribution is 5.17. The molecule has 1 atom stereocenters. The fraction of sp³-hybridized carbons (Fsp3) is 0.333. The zero-order valence-corrected chi connectivity index (χ0v) is 6.84. The average Bonchev–Trinajstić information content (AvgIpc) is 2.07. The molecule has 12 heavy (non-hydrogen) atoms. The van der Waals surface area contributed by atoms with E-state index in [0.717, 1.165) is 5.56 Å². The van der Waals surface area contributed by atoms with E-state index in [1.165, 1.54) is 7.11 Å². The quantitative estimate of drug-likeness (QED) is 0.653. The number of methoxy groups -OCH3 is 1. The molecule has 0 aliphatic heterocycles. The van der Waals surface area contributed by atoms with Gasteiger partial charge in [-0.2, -0.15) is 0 Å². The Morgan fingerprint density at radius 2 is 1.75 bits per heavy atom. The highest BCUT2D eigenvalue weighted by atomic mass is 16.5. The van der Waals surface area contributed by atoms with Crippen molar-refractivity contribution in [2.24, 2.45) is 0 Å². The van der Waals surface area contributed by atoms with Gasteiger partial charge < -0.3 is 14.9 Å². The first kappa shape index (κ1) is 9.19. The van der Waals surface area contributed by atoms with Crippen molar-refractivity contribution in [3.05, 3.63) is 35.9 Å². The van der Waals surface area contributed by atoms with E-state index >= 15 is 0 Å². The maximum atomic E-state index is 8.90. The fourth-order valence-electron chi connectivity index (χ4n) is 1.07. The summed E-state index contributed by atoms with van der Waals surface area (Å²) in [4.78, 5) is 0. The van der Waals surface area contributed by atoms with Gasteiger partial charge in [-0.25, -0.2) is 0 Å². The van der Waals surface area contributed by atoms with Crippen LogP contribution in [-0.4, -0.2) is 23.6 Å². The summed E-state index contributed by atoms with van der Waals surface area (Å²) in [6.07, 6.45) is -2.14. The topological polar surface area (TPSA) is 49.7 Å². The highest BCUT2D eigenvalue weighted by Gasteiger charge is 2.16. The summed E-state index contributed by atoms with van der Waals surface area (Å²) in [5.41, 5.74) is 0.759. The minimum Gasteiger partial charge on any atom is -0.371 e. The minimum absolute atomic E-state index is 0.661. The number of ether oxygens (including phenoxy) is 1. The van der Waals surface area contributed by atoms with Crippen LogP contribution in [0.15, 0.2) is 30.3 Å². The molecule has 0 aromatic heterocycles. The van der Waals surface area contributed by atoms with Gasteiger partial charge in [0.1, 0.15) is 6.10 Å². The number of benzene rings is 1. The molecule has 3 nitrogen and oxygen atoms in total. The molecule has 1 aromatic rings. The molecule has 3 heteroatoms. The predicted molar refractivity (Wildman–Crippen MR) is 44.4 cm³/mol. The summed E-state index contributed by atoms with van der Waals surface area (Å²) in [5.74, 6) is 0. The Balaban J connectivity index is 2.80. The number of aliphatic hydroxyl groups is 2. The van der Waals surface area contributed by atoms with Gasteiger partial charge in [-0.05, 0) is 5.56 Å². The fourth-order valence-corrected chi connectivity index (χ4v) is 1.07. The second-order valence-electron chi connectivity index (χ2n) is 2.48. The first-order valence-corrected chi connectivity index (χ1v) is 3.69. The summed E-state index contributed by atoms with van der Waals surface area (Å²) in [7, 11) is 1.44. The molecule has 1 rings (SSSR count). The van der Waals surface area contributed by atoms with Gasteiger partial charge in [0.15, 0.2) is 6.29 Å². The Kier molecular flexibility index (Phi) is 3.22. The van der Waals surface area contributed by atoms with Crippen LogP contribution in [0.1, 0.15) is 11.7 Å². The van der Waals surface area contributed by atoms with Crippen molar-refractivity contribution >= 4 is 0 Å². The van der Waals surface area contributed by atoms with Gasteiger partial charge in [0.2, 0.25) is 0 Å². The van der Waals surface area contributed by atoms with E-state index in [0.29, 0.717) is 0 Å². The first-order chi connectivity index (χ1) is 5.75. The molecule has 66 valence electrons. The van der Waals surface area contributed by atoms with Gasteiger partial charge in [-0.3, -0.25) is 0 Å². The van der Waals surface area contributed by atoms with Crippen molar-refractivity contribution in [2.75, 3.05) is 7.11 Å². The molecule has 1 aromatic carbocycles. The molecular formula is C9H12O3. The second-order valence-corrected chi connectivity index (χ2v) is 2.48. The van der Waals surface area contributed by atoms with Crippen molar-refractivity contribution < 1.29 is 14.9 Å². The van der Waals surface area contributed by atoms with Gasteiger partial charge >= 0.3 is 0 Å². The largest absolute Gasteiger partial charge is 0.371 e. The predicted octanol–water partition coefficient (Wildman–Crippen LogP) is 0.685. The average molecular weight is 168 g/mol. The van der Waals surface area contributed by atoms with Crippen LogP contribution in [-0.2, 0) is 4.74 Å². The Morgan fingerprint density at radius 3 is 2.17 bits per heavy atom. The van der Waals surface area contributed by atoms with Crippen molar-refractivity contribution in [2.45, 2.75) is 12.4 Å². The van der Waals surface area contributed by atoms with E-state index in [9.17, 15) is 0 Å². The van der Waals surface area contributed by atoms with Gasteiger partial charge in [0, 0.05) is 7.11 Å². The van der Waals surface area contributed by atoms with Crippen LogP contribution >= 0.6 is 0 Å². The summed E-state index contributed by atoms with van der Waals surface area (Å²) < 4.78 is 4.90. The molecule has 0 fully saturated rings. The van der Waals surface area contributed by atoms with Crippen LogP contribution in [0.5, 0.6) is 0 Å². The first-order valence-electron chi connectivity index (χ1n) is 3.69. The number of rotatable bonds is 3. The third-order valence-corrected chi connectivity index (χ3v) is 1.65. The summed E-state index contributed by atoms with van der Waals surface area (Å²) in [6.45, 7) is 0. The van der Waals surface area contributed by atoms with E-state index in [-0.39, 0.29) is 0 Å². The standard InChI is InChI=1S/C9H12O3/c1-12-8(9(10)11)7-5-3-2-4-6-7/h2-6,8-11H,1H3. The van der Waals surface area contributed by atoms with E-state index in [2.05, 4.69) is 0 Å². The Hall–Kier alpha value is -0.900. The van der Waals surface area contributed by atoms with Crippen molar-refractivity contribution in [3.63, 3.8) is 0 Å². The van der Waals surface area contributed by atoms with Crippen LogP contribution in [0.25, 0.3) is 0 Å². The summed E-state index contributed by atoms with van der Waals surface area (Å²) in [5, 5.41) is 17.8. The molecule has 0 heterocycles. The maximum absolute atomic E-state index is 8.90. The van der Waals surface area contributed by atoms with Crippen LogP contribution in [0.3, 0.4) is 0 Å². The van der Waals surface area contributed by atoms with Gasteiger partial charge in [0.25, 0.3) is 0 Å². The molecule has 0 bridgehead atoms. The third-order valence-electron chi connectivity index (χ3n) is 1.65. The van der Waals surface area contributed by atoms with Crippen LogP contribution in [0.2, 0.25) is 0 Å². The van der Waals surface area contributed by atoms with Crippen molar-refractivity contribution in [3.8, 4) is 0 Å². The van der Waals surface area contributed by atoms with E-state index < -0.39 is 12.4 Å². The molecule has 0 radical (unpaired) electrons. The zero-order chi connectivity index (χ0) is 8.97. The number of hydrogen-bond acceptors (Lipinski definition) is 3. The third kappa shape index (κ3) is 2.04. The van der Waals surface area contributed by atoms with Crippen LogP contribution in [0.4, 0.5) is 0 Å². The Labute approximate surface area is 71.2 Å². The van der Waals surface area contributed by atoms with Crippen LogP contribution in [0, 0.1) is 0 Å². The lowest BCUT2D eigenvalue weighted by Crippen LogP contribution is -2.19. The monoisotopic (exact) mass is 168 g/mol. The molecule has 1 unspecified atom stereocenters. The lowest BCUT2D eigenvalue weighted by molar-refractivity contribution is -0.136. The molecule has 0 amide bonds. The summed E-state index contributed by atoms with van der Waals surface area (Å²) >= 11 is 0. The molecule has 0 aliphatic rings. The van der Waals surface area contributed by atoms with E-state index in [1.807, 2.05) is 18.2 Å². The normalized spacial score (nSPS) is 13.3. The SMILES string of the molecule is COC(c1ccccc1)C(O)O. The lowest BCUT2D eigenvalue weighted by Gasteiger charge is -2.16. The smallest absolute Gasteiger partial charge is 0.182 e. The highest BCUT2D eigenvalue weighted by Crippen LogP contribution is 2.18. The number of aliphatic hydroxyl groups excluding tert-OH is 1. The van der Waals surface area contributed by atoms with Gasteiger partial charge in [-0.15, -0.1) is 0 Å². The molecule has 0 saturated carbocycles. The minimum atomic E-state index is -1.47. The molecule has 0 aliphatic carbocycles. The van der Waals surface area contributed by atoms with Crippen molar-refractivity contribution in [1.82, 2.24) is 0 Å². The molecule has 2 N–H and O–H groups in total.